The number of para-hydroxylation sites is 1. The number of benzene rings is 2. The molecule has 98 valence electrons. The quantitative estimate of drug-likeness (QED) is 0.882. The molecule has 0 bridgehead atoms. The number of hydrogen-bond donors (Lipinski definition) is 1. The molecule has 2 aromatic carbocycles. The maximum atomic E-state index is 12.5. The molecule has 1 amide bonds. The third-order valence-corrected chi connectivity index (χ3v) is 3.42. The highest BCUT2D eigenvalue weighted by Crippen LogP contribution is 2.27. The molecule has 0 fully saturated rings. The lowest BCUT2D eigenvalue weighted by Gasteiger charge is -2.26. The molecule has 2 aromatic rings. The molecule has 0 aliphatic rings. The highest BCUT2D eigenvalue weighted by molar-refractivity contribution is 5.98. The summed E-state index contributed by atoms with van der Waals surface area (Å²) in [5.41, 5.74) is 2.47. The number of amides is 1. The van der Waals surface area contributed by atoms with Crippen LogP contribution in [0, 0.1) is 6.92 Å². The van der Waals surface area contributed by atoms with E-state index in [-0.39, 0.29) is 5.91 Å². The maximum absolute atomic E-state index is 12.5. The van der Waals surface area contributed by atoms with E-state index in [1.165, 1.54) is 0 Å². The van der Waals surface area contributed by atoms with Gasteiger partial charge in [0.05, 0.1) is 5.41 Å². The summed E-state index contributed by atoms with van der Waals surface area (Å²) in [6.45, 7) is 5.94. The zero-order valence-corrected chi connectivity index (χ0v) is 11.6. The summed E-state index contributed by atoms with van der Waals surface area (Å²) in [5, 5.41) is 2.97. The van der Waals surface area contributed by atoms with Gasteiger partial charge in [-0.25, -0.2) is 0 Å². The zero-order chi connectivity index (χ0) is 13.9. The van der Waals surface area contributed by atoms with Crippen LogP contribution in [0.2, 0.25) is 0 Å². The van der Waals surface area contributed by atoms with Crippen LogP contribution in [0.25, 0.3) is 0 Å². The average molecular weight is 253 g/mol. The molecule has 19 heavy (non-hydrogen) atoms. The summed E-state index contributed by atoms with van der Waals surface area (Å²) in [6, 6.07) is 17.6. The van der Waals surface area contributed by atoms with Crippen LogP contribution in [-0.2, 0) is 10.2 Å². The molecule has 0 saturated heterocycles. The number of carbonyl (C=O) groups is 1. The van der Waals surface area contributed by atoms with Crippen LogP contribution in [0.1, 0.15) is 25.0 Å². The Morgan fingerprint density at radius 3 is 2.16 bits per heavy atom. The SMILES string of the molecule is Cc1ccccc1C(C)(C)C(=O)Nc1ccccc1. The van der Waals surface area contributed by atoms with Crippen LogP contribution >= 0.6 is 0 Å². The number of aryl methyl sites for hydroxylation is 1. The molecule has 0 atom stereocenters. The molecule has 0 unspecified atom stereocenters. The number of carbonyl (C=O) groups excluding carboxylic acids is 1. The Bertz CT molecular complexity index is 573. The monoisotopic (exact) mass is 253 g/mol. The van der Waals surface area contributed by atoms with Crippen molar-refractivity contribution in [1.29, 1.82) is 0 Å². The van der Waals surface area contributed by atoms with Gasteiger partial charge in [0.1, 0.15) is 0 Å². The lowest BCUT2D eigenvalue weighted by atomic mass is 9.81. The van der Waals surface area contributed by atoms with Crippen LogP contribution in [0.4, 0.5) is 5.69 Å². The second kappa shape index (κ2) is 5.27. The average Bonchev–Trinajstić information content (AvgIpc) is 2.40. The van der Waals surface area contributed by atoms with E-state index in [0.29, 0.717) is 0 Å². The summed E-state index contributed by atoms with van der Waals surface area (Å²) in [7, 11) is 0. The van der Waals surface area contributed by atoms with Crippen molar-refractivity contribution in [3.05, 3.63) is 65.7 Å². The van der Waals surface area contributed by atoms with Crippen molar-refractivity contribution < 1.29 is 4.79 Å². The molecular formula is C17H19NO. The summed E-state index contributed by atoms with van der Waals surface area (Å²) in [5.74, 6) is 0.00741. The van der Waals surface area contributed by atoms with E-state index < -0.39 is 5.41 Å². The van der Waals surface area contributed by atoms with E-state index in [4.69, 9.17) is 0 Å². The third-order valence-electron chi connectivity index (χ3n) is 3.42. The molecule has 0 radical (unpaired) electrons. The van der Waals surface area contributed by atoms with Crippen molar-refractivity contribution in [2.24, 2.45) is 0 Å². The van der Waals surface area contributed by atoms with Crippen LogP contribution in [0.5, 0.6) is 0 Å². The summed E-state index contributed by atoms with van der Waals surface area (Å²) >= 11 is 0. The molecular weight excluding hydrogens is 234 g/mol. The molecule has 2 nitrogen and oxygen atoms in total. The standard InChI is InChI=1S/C17H19NO/c1-13-9-7-8-12-15(13)17(2,3)16(19)18-14-10-5-4-6-11-14/h4-12H,1-3H3,(H,18,19). The lowest BCUT2D eigenvalue weighted by molar-refractivity contribution is -0.120. The van der Waals surface area contributed by atoms with Gasteiger partial charge in [0.2, 0.25) is 5.91 Å². The Morgan fingerprint density at radius 1 is 0.947 bits per heavy atom. The highest BCUT2D eigenvalue weighted by Gasteiger charge is 2.30. The number of rotatable bonds is 3. The Hall–Kier alpha value is -2.09. The predicted octanol–water partition coefficient (Wildman–Crippen LogP) is 3.91. The Morgan fingerprint density at radius 2 is 1.53 bits per heavy atom. The van der Waals surface area contributed by atoms with Gasteiger partial charge in [-0.15, -0.1) is 0 Å². The lowest BCUT2D eigenvalue weighted by Crippen LogP contribution is -2.35. The van der Waals surface area contributed by atoms with Crippen LogP contribution < -0.4 is 5.32 Å². The van der Waals surface area contributed by atoms with Gasteiger partial charge in [-0.1, -0.05) is 42.5 Å². The van der Waals surface area contributed by atoms with Crippen molar-refractivity contribution in [1.82, 2.24) is 0 Å². The third kappa shape index (κ3) is 2.84. The van der Waals surface area contributed by atoms with E-state index in [0.717, 1.165) is 16.8 Å². The first-order valence-electron chi connectivity index (χ1n) is 6.44. The normalized spacial score (nSPS) is 11.1. The van der Waals surface area contributed by atoms with Crippen molar-refractivity contribution in [3.8, 4) is 0 Å². The first kappa shape index (κ1) is 13.3. The molecule has 0 aliphatic carbocycles. The number of nitrogens with one attached hydrogen (secondary N) is 1. The largest absolute Gasteiger partial charge is 0.325 e. The fourth-order valence-electron chi connectivity index (χ4n) is 2.21. The molecule has 0 spiro atoms. The van der Waals surface area contributed by atoms with E-state index in [1.807, 2.05) is 75.4 Å². The van der Waals surface area contributed by atoms with Crippen LogP contribution in [-0.4, -0.2) is 5.91 Å². The Labute approximate surface area is 114 Å². The van der Waals surface area contributed by atoms with Crippen LogP contribution in [0.15, 0.2) is 54.6 Å². The van der Waals surface area contributed by atoms with E-state index in [9.17, 15) is 4.79 Å². The molecule has 2 rings (SSSR count). The van der Waals surface area contributed by atoms with E-state index in [2.05, 4.69) is 5.32 Å². The molecule has 0 heterocycles. The van der Waals surface area contributed by atoms with Crippen molar-refractivity contribution in [3.63, 3.8) is 0 Å². The number of hydrogen-bond acceptors (Lipinski definition) is 1. The van der Waals surface area contributed by atoms with Crippen molar-refractivity contribution in [2.45, 2.75) is 26.2 Å². The topological polar surface area (TPSA) is 29.1 Å². The molecule has 0 aliphatic heterocycles. The van der Waals surface area contributed by atoms with Gasteiger partial charge in [-0.05, 0) is 44.0 Å². The molecule has 1 N–H and O–H groups in total. The molecule has 0 saturated carbocycles. The van der Waals surface area contributed by atoms with E-state index >= 15 is 0 Å². The predicted molar refractivity (Wildman–Crippen MR) is 79.3 cm³/mol. The minimum Gasteiger partial charge on any atom is -0.325 e. The zero-order valence-electron chi connectivity index (χ0n) is 11.6. The summed E-state index contributed by atoms with van der Waals surface area (Å²) in [4.78, 5) is 12.5. The molecule has 0 aromatic heterocycles. The molecule has 2 heteroatoms. The highest BCUT2D eigenvalue weighted by atomic mass is 16.2. The Kier molecular flexibility index (Phi) is 3.70. The Balaban J connectivity index is 2.25. The smallest absolute Gasteiger partial charge is 0.234 e. The minimum absolute atomic E-state index is 0.00741. The first-order valence-corrected chi connectivity index (χ1v) is 6.44. The first-order chi connectivity index (χ1) is 9.01. The van der Waals surface area contributed by atoms with Crippen LogP contribution in [0.3, 0.4) is 0 Å². The van der Waals surface area contributed by atoms with Gasteiger partial charge in [0.15, 0.2) is 0 Å². The van der Waals surface area contributed by atoms with Gasteiger partial charge in [-0.2, -0.15) is 0 Å². The minimum atomic E-state index is -0.554. The fraction of sp³-hybridized carbons (Fsp3) is 0.235. The van der Waals surface area contributed by atoms with Gasteiger partial charge >= 0.3 is 0 Å². The van der Waals surface area contributed by atoms with Gasteiger partial charge in [0, 0.05) is 5.69 Å². The van der Waals surface area contributed by atoms with Gasteiger partial charge < -0.3 is 5.32 Å². The maximum Gasteiger partial charge on any atom is 0.234 e. The van der Waals surface area contributed by atoms with Gasteiger partial charge in [0.25, 0.3) is 0 Å². The summed E-state index contributed by atoms with van der Waals surface area (Å²) < 4.78 is 0. The second-order valence-electron chi connectivity index (χ2n) is 5.26. The van der Waals surface area contributed by atoms with E-state index in [1.54, 1.807) is 0 Å². The summed E-state index contributed by atoms with van der Waals surface area (Å²) in [6.07, 6.45) is 0. The second-order valence-corrected chi connectivity index (χ2v) is 5.26. The van der Waals surface area contributed by atoms with Gasteiger partial charge in [-0.3, -0.25) is 4.79 Å². The van der Waals surface area contributed by atoms with Crippen molar-refractivity contribution in [2.75, 3.05) is 5.32 Å². The number of anilines is 1. The van der Waals surface area contributed by atoms with Crippen molar-refractivity contribution >= 4 is 11.6 Å². The fourth-order valence-corrected chi connectivity index (χ4v) is 2.21.